The smallest absolute Gasteiger partial charge is 0.255 e. The van der Waals surface area contributed by atoms with Crippen LogP contribution >= 0.6 is 11.6 Å². The van der Waals surface area contributed by atoms with Crippen LogP contribution < -0.4 is 10.1 Å². The summed E-state index contributed by atoms with van der Waals surface area (Å²) >= 11 is 5.89. The molecule has 0 fully saturated rings. The number of hydrogen-bond acceptors (Lipinski definition) is 3. The van der Waals surface area contributed by atoms with Crippen molar-refractivity contribution in [1.29, 1.82) is 0 Å². The standard InChI is InChI=1S/C27H23ClNO3/c1-27(19-30,18-29-26(31)24-5-3-4-6-25(24)32-2)17-22-11-9-20(10-12-22)7-8-21-13-15-23(28)16-14-21/h3-6,9-16H,17-18H2,1-2H3,(H,29,31). The highest BCUT2D eigenvalue weighted by molar-refractivity contribution is 6.30. The van der Waals surface area contributed by atoms with Crippen LogP contribution in [0.15, 0.2) is 72.8 Å². The van der Waals surface area contributed by atoms with Crippen molar-refractivity contribution in [2.45, 2.75) is 13.3 Å². The third-order valence-electron chi connectivity index (χ3n) is 4.98. The van der Waals surface area contributed by atoms with Crippen molar-refractivity contribution in [3.8, 4) is 17.6 Å². The van der Waals surface area contributed by atoms with Crippen LogP contribution in [0.2, 0.25) is 5.02 Å². The van der Waals surface area contributed by atoms with Crippen molar-refractivity contribution < 1.29 is 14.3 Å². The molecule has 1 N–H and O–H groups in total. The summed E-state index contributed by atoms with van der Waals surface area (Å²) < 4.78 is 5.23. The highest BCUT2D eigenvalue weighted by Crippen LogP contribution is 2.21. The van der Waals surface area contributed by atoms with Crippen LogP contribution in [0.25, 0.3) is 0 Å². The predicted octanol–water partition coefficient (Wildman–Crippen LogP) is 4.84. The average molecular weight is 445 g/mol. The van der Waals surface area contributed by atoms with E-state index in [2.05, 4.69) is 23.4 Å². The Morgan fingerprint density at radius 1 is 0.969 bits per heavy atom. The first-order valence-corrected chi connectivity index (χ1v) is 10.5. The van der Waals surface area contributed by atoms with E-state index < -0.39 is 5.41 Å². The molecule has 3 aromatic carbocycles. The summed E-state index contributed by atoms with van der Waals surface area (Å²) in [6.45, 7) is 1.93. The molecule has 0 aromatic heterocycles. The Hall–Kier alpha value is -3.55. The second-order valence-corrected chi connectivity index (χ2v) is 8.11. The number of hydrogen-bond donors (Lipinski definition) is 1. The molecule has 0 bridgehead atoms. The van der Waals surface area contributed by atoms with Gasteiger partial charge in [0.15, 0.2) is 0 Å². The molecule has 0 heterocycles. The summed E-state index contributed by atoms with van der Waals surface area (Å²) in [6, 6.07) is 22.0. The lowest BCUT2D eigenvalue weighted by atomic mass is 9.84. The zero-order valence-corrected chi connectivity index (χ0v) is 18.7. The lowest BCUT2D eigenvalue weighted by Crippen LogP contribution is -2.38. The number of para-hydroxylation sites is 1. The summed E-state index contributed by atoms with van der Waals surface area (Å²) in [5.74, 6) is 6.40. The topological polar surface area (TPSA) is 55.4 Å². The van der Waals surface area contributed by atoms with Gasteiger partial charge in [-0.1, -0.05) is 54.6 Å². The van der Waals surface area contributed by atoms with Crippen LogP contribution in [0.4, 0.5) is 0 Å². The molecule has 0 aliphatic heterocycles. The molecule has 0 spiro atoms. The zero-order chi connectivity index (χ0) is 23.0. The second-order valence-electron chi connectivity index (χ2n) is 7.68. The second kappa shape index (κ2) is 10.7. The number of amides is 1. The fraction of sp³-hybridized carbons (Fsp3) is 0.185. The maximum absolute atomic E-state index is 12.5. The minimum Gasteiger partial charge on any atom is -0.496 e. The molecular weight excluding hydrogens is 422 g/mol. The van der Waals surface area contributed by atoms with E-state index >= 15 is 0 Å². The van der Waals surface area contributed by atoms with Crippen LogP contribution in [0.5, 0.6) is 5.75 Å². The zero-order valence-electron chi connectivity index (χ0n) is 17.9. The molecule has 1 radical (unpaired) electrons. The Kier molecular flexibility index (Phi) is 7.70. The average Bonchev–Trinajstić information content (AvgIpc) is 2.83. The van der Waals surface area contributed by atoms with Crippen molar-refractivity contribution in [3.63, 3.8) is 0 Å². The van der Waals surface area contributed by atoms with Crippen LogP contribution in [-0.4, -0.2) is 25.8 Å². The normalized spacial score (nSPS) is 12.1. The van der Waals surface area contributed by atoms with Crippen LogP contribution in [0.1, 0.15) is 34.0 Å². The maximum Gasteiger partial charge on any atom is 0.255 e. The Morgan fingerprint density at radius 2 is 1.56 bits per heavy atom. The minimum atomic E-state index is -0.867. The molecule has 0 aliphatic carbocycles. The first-order valence-electron chi connectivity index (χ1n) is 10.1. The minimum absolute atomic E-state index is 0.158. The highest BCUT2D eigenvalue weighted by atomic mass is 35.5. The molecular formula is C27H23ClNO3. The van der Waals surface area contributed by atoms with Gasteiger partial charge >= 0.3 is 0 Å². The highest BCUT2D eigenvalue weighted by Gasteiger charge is 2.27. The van der Waals surface area contributed by atoms with Gasteiger partial charge in [-0.2, -0.15) is 0 Å². The summed E-state index contributed by atoms with van der Waals surface area (Å²) in [5, 5.41) is 3.50. The summed E-state index contributed by atoms with van der Waals surface area (Å²) in [4.78, 5) is 24.3. The quantitative estimate of drug-likeness (QED) is 0.531. The van der Waals surface area contributed by atoms with E-state index in [0.717, 1.165) is 16.7 Å². The molecule has 3 aromatic rings. The van der Waals surface area contributed by atoms with Gasteiger partial charge in [-0.05, 0) is 60.5 Å². The van der Waals surface area contributed by atoms with Gasteiger partial charge in [0.1, 0.15) is 5.75 Å². The van der Waals surface area contributed by atoms with Gasteiger partial charge < -0.3 is 10.1 Å². The SMILES string of the molecule is COc1ccccc1C(=O)NCC(C)([C]=O)Cc1ccc(C#Cc2ccc(Cl)cc2)cc1. The van der Waals surface area contributed by atoms with Crippen LogP contribution in [-0.2, 0) is 11.2 Å². The molecule has 0 aliphatic rings. The molecule has 0 saturated carbocycles. The Balaban J connectivity index is 1.63. The van der Waals surface area contributed by atoms with E-state index in [1.807, 2.05) is 36.4 Å². The van der Waals surface area contributed by atoms with Gasteiger partial charge in [0.25, 0.3) is 5.91 Å². The number of carbonyl (C=O) groups is 1. The van der Waals surface area contributed by atoms with Gasteiger partial charge in [-0.3, -0.25) is 9.59 Å². The van der Waals surface area contributed by atoms with E-state index in [1.54, 1.807) is 43.3 Å². The van der Waals surface area contributed by atoms with Crippen molar-refractivity contribution in [2.75, 3.05) is 13.7 Å². The fourth-order valence-corrected chi connectivity index (χ4v) is 3.30. The van der Waals surface area contributed by atoms with E-state index in [1.165, 1.54) is 7.11 Å². The molecule has 161 valence electrons. The Bertz CT molecular complexity index is 1140. The molecule has 1 atom stereocenters. The van der Waals surface area contributed by atoms with Gasteiger partial charge in [-0.15, -0.1) is 0 Å². The molecule has 4 nitrogen and oxygen atoms in total. The van der Waals surface area contributed by atoms with Crippen LogP contribution in [0.3, 0.4) is 0 Å². The molecule has 32 heavy (non-hydrogen) atoms. The lowest BCUT2D eigenvalue weighted by Gasteiger charge is -2.23. The first-order chi connectivity index (χ1) is 15.4. The van der Waals surface area contributed by atoms with Crippen molar-refractivity contribution in [1.82, 2.24) is 5.32 Å². The summed E-state index contributed by atoms with van der Waals surface area (Å²) in [6.07, 6.45) is 2.53. The van der Waals surface area contributed by atoms with E-state index in [9.17, 15) is 9.59 Å². The first kappa shape index (κ1) is 23.1. The monoisotopic (exact) mass is 444 g/mol. The third-order valence-corrected chi connectivity index (χ3v) is 5.23. The van der Waals surface area contributed by atoms with Gasteiger partial charge in [0, 0.05) is 22.7 Å². The molecule has 1 unspecified atom stereocenters. The van der Waals surface area contributed by atoms with Crippen LogP contribution in [0, 0.1) is 17.3 Å². The summed E-state index contributed by atoms with van der Waals surface area (Å²) in [7, 11) is 1.51. The third kappa shape index (κ3) is 6.23. The number of ether oxygens (including phenoxy) is 1. The van der Waals surface area contributed by atoms with E-state index in [-0.39, 0.29) is 12.5 Å². The van der Waals surface area contributed by atoms with Crippen molar-refractivity contribution in [2.24, 2.45) is 5.41 Å². The fourth-order valence-electron chi connectivity index (χ4n) is 3.17. The Morgan fingerprint density at radius 3 is 2.16 bits per heavy atom. The van der Waals surface area contributed by atoms with Gasteiger partial charge in [0.2, 0.25) is 6.29 Å². The number of rotatable bonds is 7. The molecule has 3 rings (SSSR count). The molecule has 0 saturated heterocycles. The number of carbonyl (C=O) groups excluding carboxylic acids is 2. The lowest BCUT2D eigenvalue weighted by molar-refractivity contribution is 0.0940. The van der Waals surface area contributed by atoms with E-state index in [0.29, 0.717) is 22.8 Å². The molecule has 1 amide bonds. The van der Waals surface area contributed by atoms with Gasteiger partial charge in [0.05, 0.1) is 18.1 Å². The number of benzene rings is 3. The summed E-state index contributed by atoms with van der Waals surface area (Å²) in [5.41, 5.74) is 2.26. The molecule has 5 heteroatoms. The Labute approximate surface area is 193 Å². The largest absolute Gasteiger partial charge is 0.496 e. The van der Waals surface area contributed by atoms with Crippen molar-refractivity contribution in [3.05, 3.63) is 100 Å². The maximum atomic E-state index is 12.5. The van der Waals surface area contributed by atoms with E-state index in [4.69, 9.17) is 16.3 Å². The number of nitrogens with one attached hydrogen (secondary N) is 1. The van der Waals surface area contributed by atoms with Gasteiger partial charge in [-0.25, -0.2) is 0 Å². The predicted molar refractivity (Wildman–Crippen MR) is 127 cm³/mol. The number of halogens is 1. The van der Waals surface area contributed by atoms with Crippen molar-refractivity contribution >= 4 is 23.8 Å². The number of methoxy groups -OCH3 is 1.